The molecule has 1 aromatic heterocycles. The minimum absolute atomic E-state index is 0.0132. The van der Waals surface area contributed by atoms with Crippen molar-refractivity contribution in [3.8, 4) is 0 Å². The molecule has 2 aromatic rings. The maximum atomic E-state index is 12.5. The number of hydrogen-bond acceptors (Lipinski definition) is 5. The molecule has 0 unspecified atom stereocenters. The number of rotatable bonds is 7. The first-order valence-corrected chi connectivity index (χ1v) is 9.40. The minimum atomic E-state index is -0.573. The number of hydrogen-bond donors (Lipinski definition) is 4. The van der Waals surface area contributed by atoms with Gasteiger partial charge < -0.3 is 25.7 Å². The van der Waals surface area contributed by atoms with E-state index in [1.165, 1.54) is 6.20 Å². The second-order valence-electron chi connectivity index (χ2n) is 7.22. The average Bonchev–Trinajstić information content (AvgIpc) is 2.72. The van der Waals surface area contributed by atoms with Crippen molar-refractivity contribution in [3.63, 3.8) is 0 Å². The quantitative estimate of drug-likeness (QED) is 0.550. The molecule has 4 N–H and O–H groups in total. The molecule has 1 aliphatic heterocycles. The topological polar surface area (TPSA) is 112 Å². The Labute approximate surface area is 163 Å². The number of fused-ring (bicyclic) bond motifs is 1. The Hall–Kier alpha value is -2.71. The number of H-pyrrole nitrogens is 1. The van der Waals surface area contributed by atoms with Crippen molar-refractivity contribution in [1.29, 1.82) is 0 Å². The van der Waals surface area contributed by atoms with Gasteiger partial charge in [-0.2, -0.15) is 0 Å². The van der Waals surface area contributed by atoms with Crippen LogP contribution in [0.25, 0.3) is 10.9 Å². The van der Waals surface area contributed by atoms with E-state index in [1.54, 1.807) is 31.4 Å². The van der Waals surface area contributed by atoms with E-state index in [1.807, 2.05) is 0 Å². The summed E-state index contributed by atoms with van der Waals surface area (Å²) in [6, 6.07) is 6.97. The molecule has 0 saturated carbocycles. The van der Waals surface area contributed by atoms with Crippen molar-refractivity contribution in [2.75, 3.05) is 39.9 Å². The highest BCUT2D eigenvalue weighted by molar-refractivity contribution is 5.98. The van der Waals surface area contributed by atoms with Crippen LogP contribution in [0.1, 0.15) is 23.2 Å². The third-order valence-corrected chi connectivity index (χ3v) is 5.22. The van der Waals surface area contributed by atoms with E-state index < -0.39 is 5.91 Å². The number of benzene rings is 1. The van der Waals surface area contributed by atoms with Gasteiger partial charge in [0.25, 0.3) is 5.91 Å². The van der Waals surface area contributed by atoms with Crippen LogP contribution in [0.3, 0.4) is 0 Å². The van der Waals surface area contributed by atoms with Crippen LogP contribution in [0.2, 0.25) is 0 Å². The van der Waals surface area contributed by atoms with Crippen LogP contribution in [0.15, 0.2) is 35.3 Å². The lowest BCUT2D eigenvalue weighted by atomic mass is 9.79. The summed E-state index contributed by atoms with van der Waals surface area (Å²) in [5, 5.41) is 9.14. The number of carbonyl (C=O) groups is 2. The smallest absolute Gasteiger partial charge is 0.257 e. The number of piperidine rings is 1. The van der Waals surface area contributed by atoms with Gasteiger partial charge in [-0.3, -0.25) is 14.4 Å². The summed E-state index contributed by atoms with van der Waals surface area (Å²) < 4.78 is 5.33. The Kier molecular flexibility index (Phi) is 6.43. The van der Waals surface area contributed by atoms with Crippen LogP contribution >= 0.6 is 0 Å². The van der Waals surface area contributed by atoms with Gasteiger partial charge in [-0.1, -0.05) is 12.1 Å². The van der Waals surface area contributed by atoms with Gasteiger partial charge in [0, 0.05) is 36.2 Å². The highest BCUT2D eigenvalue weighted by Crippen LogP contribution is 2.28. The van der Waals surface area contributed by atoms with Crippen LogP contribution in [0.4, 0.5) is 0 Å². The number of para-hydroxylation sites is 1. The van der Waals surface area contributed by atoms with Crippen molar-refractivity contribution >= 4 is 22.7 Å². The molecular formula is C20H26N4O4. The third-order valence-electron chi connectivity index (χ3n) is 5.22. The number of aromatic nitrogens is 1. The average molecular weight is 386 g/mol. The molecule has 0 bridgehead atoms. The Morgan fingerprint density at radius 3 is 2.68 bits per heavy atom. The normalized spacial score (nSPS) is 15.9. The first-order valence-electron chi connectivity index (χ1n) is 9.40. The molecule has 2 amide bonds. The van der Waals surface area contributed by atoms with Gasteiger partial charge >= 0.3 is 0 Å². The molecule has 1 aromatic carbocycles. The number of ether oxygens (including phenoxy) is 1. The second-order valence-corrected chi connectivity index (χ2v) is 7.22. The van der Waals surface area contributed by atoms with Gasteiger partial charge in [0.05, 0.1) is 13.2 Å². The first-order chi connectivity index (χ1) is 13.5. The Balaban J connectivity index is 1.56. The van der Waals surface area contributed by atoms with Crippen molar-refractivity contribution in [3.05, 3.63) is 46.2 Å². The molecule has 0 spiro atoms. The fraction of sp³-hybridized carbons (Fsp3) is 0.450. The number of methoxy groups -OCH3 is 1. The lowest BCUT2D eigenvalue weighted by Crippen LogP contribution is -2.48. The highest BCUT2D eigenvalue weighted by Gasteiger charge is 2.32. The number of amides is 2. The zero-order valence-electron chi connectivity index (χ0n) is 16.0. The molecule has 2 heterocycles. The van der Waals surface area contributed by atoms with Crippen LogP contribution in [-0.4, -0.2) is 56.7 Å². The fourth-order valence-electron chi connectivity index (χ4n) is 3.58. The molecule has 150 valence electrons. The summed E-state index contributed by atoms with van der Waals surface area (Å²) in [7, 11) is 1.66. The molecule has 0 radical (unpaired) electrons. The maximum absolute atomic E-state index is 12.5. The Bertz CT molecular complexity index is 897. The summed E-state index contributed by atoms with van der Waals surface area (Å²) in [6.07, 6.45) is 3.21. The molecule has 0 atom stereocenters. The first kappa shape index (κ1) is 20.0. The third kappa shape index (κ3) is 4.58. The van der Waals surface area contributed by atoms with Crippen LogP contribution in [-0.2, 0) is 9.53 Å². The van der Waals surface area contributed by atoms with Gasteiger partial charge in [0.2, 0.25) is 11.3 Å². The second kappa shape index (κ2) is 8.99. The maximum Gasteiger partial charge on any atom is 0.257 e. The summed E-state index contributed by atoms with van der Waals surface area (Å²) >= 11 is 0. The number of aromatic amines is 1. The minimum Gasteiger partial charge on any atom is -0.384 e. The molecule has 0 aliphatic carbocycles. The molecule has 1 fully saturated rings. The summed E-state index contributed by atoms with van der Waals surface area (Å²) in [5.41, 5.74) is 0.198. The highest BCUT2D eigenvalue weighted by atomic mass is 16.5. The van der Waals surface area contributed by atoms with Crippen LogP contribution in [0, 0.1) is 5.41 Å². The SMILES string of the molecule is COCC1(CNC(=O)CNC(=O)c2c[nH]c3ccccc3c2=O)CCNCC1. The van der Waals surface area contributed by atoms with Gasteiger partial charge in [0.15, 0.2) is 0 Å². The van der Waals surface area contributed by atoms with Crippen LogP contribution < -0.4 is 21.4 Å². The monoisotopic (exact) mass is 386 g/mol. The van der Waals surface area contributed by atoms with Gasteiger partial charge in [-0.15, -0.1) is 0 Å². The lowest BCUT2D eigenvalue weighted by Gasteiger charge is -2.37. The molecule has 28 heavy (non-hydrogen) atoms. The van der Waals surface area contributed by atoms with E-state index in [0.29, 0.717) is 24.1 Å². The summed E-state index contributed by atoms with van der Waals surface area (Å²) in [5.74, 6) is -0.866. The van der Waals surface area contributed by atoms with Gasteiger partial charge in [-0.25, -0.2) is 0 Å². The zero-order chi connectivity index (χ0) is 20.0. The summed E-state index contributed by atoms with van der Waals surface area (Å²) in [6.45, 7) is 2.66. The molecule has 8 heteroatoms. The van der Waals surface area contributed by atoms with E-state index in [2.05, 4.69) is 20.9 Å². The largest absolute Gasteiger partial charge is 0.384 e. The number of nitrogens with one attached hydrogen (secondary N) is 4. The van der Waals surface area contributed by atoms with Gasteiger partial charge in [0.1, 0.15) is 5.56 Å². The van der Waals surface area contributed by atoms with Gasteiger partial charge in [-0.05, 0) is 38.1 Å². The van der Waals surface area contributed by atoms with E-state index in [0.717, 1.165) is 25.9 Å². The molecule has 1 saturated heterocycles. The van der Waals surface area contributed by atoms with Crippen molar-refractivity contribution in [2.45, 2.75) is 12.8 Å². The zero-order valence-corrected chi connectivity index (χ0v) is 16.0. The molecular weight excluding hydrogens is 360 g/mol. The Morgan fingerprint density at radius 2 is 1.93 bits per heavy atom. The van der Waals surface area contributed by atoms with E-state index in [4.69, 9.17) is 4.74 Å². The number of pyridine rings is 1. The van der Waals surface area contributed by atoms with Crippen molar-refractivity contribution < 1.29 is 14.3 Å². The van der Waals surface area contributed by atoms with Crippen molar-refractivity contribution in [2.24, 2.45) is 5.41 Å². The fourth-order valence-corrected chi connectivity index (χ4v) is 3.58. The lowest BCUT2D eigenvalue weighted by molar-refractivity contribution is -0.121. The summed E-state index contributed by atoms with van der Waals surface area (Å²) in [4.78, 5) is 39.9. The Morgan fingerprint density at radius 1 is 1.18 bits per heavy atom. The van der Waals surface area contributed by atoms with E-state index >= 15 is 0 Å². The van der Waals surface area contributed by atoms with Crippen molar-refractivity contribution in [1.82, 2.24) is 20.9 Å². The van der Waals surface area contributed by atoms with Crippen LogP contribution in [0.5, 0.6) is 0 Å². The molecule has 8 nitrogen and oxygen atoms in total. The van der Waals surface area contributed by atoms with E-state index in [-0.39, 0.29) is 28.9 Å². The number of carbonyl (C=O) groups excluding carboxylic acids is 2. The standard InChI is InChI=1S/C20H26N4O4/c1-28-13-20(6-8-21-9-7-20)12-24-17(25)11-23-19(27)15-10-22-16-5-3-2-4-14(16)18(15)26/h2-5,10,21H,6-9,11-13H2,1H3,(H,22,26)(H,23,27)(H,24,25). The molecule has 1 aliphatic rings. The predicted molar refractivity (Wildman–Crippen MR) is 106 cm³/mol. The predicted octanol–water partition coefficient (Wildman–Crippen LogP) is 0.390. The molecule has 3 rings (SSSR count). The van der Waals surface area contributed by atoms with E-state index in [9.17, 15) is 14.4 Å².